The maximum atomic E-state index is 9.46. The van der Waals surface area contributed by atoms with Crippen LogP contribution in [0, 0.1) is 6.92 Å². The molecule has 0 spiro atoms. The van der Waals surface area contributed by atoms with Crippen LogP contribution in [0.1, 0.15) is 18.2 Å². The topological polar surface area (TPSA) is 55.2 Å². The van der Waals surface area contributed by atoms with E-state index in [9.17, 15) is 5.11 Å². The average Bonchev–Trinajstić information content (AvgIpc) is 2.28. The van der Waals surface area contributed by atoms with Gasteiger partial charge in [-0.05, 0) is 31.0 Å². The van der Waals surface area contributed by atoms with Gasteiger partial charge in [0, 0.05) is 17.8 Å². The number of ether oxygens (including phenoxy) is 1. The minimum atomic E-state index is 0.185. The van der Waals surface area contributed by atoms with Gasteiger partial charge in [0.25, 0.3) is 0 Å². The highest BCUT2D eigenvalue weighted by molar-refractivity contribution is 5.38. The molecule has 1 heterocycles. The Labute approximate surface area is 99.9 Å². The Morgan fingerprint density at radius 2 is 2.00 bits per heavy atom. The number of aryl methyl sites for hydroxylation is 2. The van der Waals surface area contributed by atoms with E-state index >= 15 is 0 Å². The summed E-state index contributed by atoms with van der Waals surface area (Å²) in [5, 5.41) is 9.46. The fourth-order valence-electron chi connectivity index (χ4n) is 1.53. The van der Waals surface area contributed by atoms with Crippen molar-refractivity contribution < 1.29 is 9.84 Å². The maximum absolute atomic E-state index is 9.46. The molecule has 0 aliphatic rings. The number of hydrogen-bond acceptors (Lipinski definition) is 4. The minimum Gasteiger partial charge on any atom is -0.508 e. The molecule has 88 valence electrons. The van der Waals surface area contributed by atoms with Crippen LogP contribution < -0.4 is 4.74 Å². The van der Waals surface area contributed by atoms with Gasteiger partial charge in [0.05, 0.1) is 0 Å². The highest BCUT2D eigenvalue weighted by atomic mass is 16.5. The van der Waals surface area contributed by atoms with E-state index in [1.54, 1.807) is 18.2 Å². The molecule has 0 saturated heterocycles. The van der Waals surface area contributed by atoms with E-state index in [1.807, 2.05) is 19.9 Å². The van der Waals surface area contributed by atoms with Crippen molar-refractivity contribution in [2.75, 3.05) is 0 Å². The second-order valence-corrected chi connectivity index (χ2v) is 3.81. The van der Waals surface area contributed by atoms with Gasteiger partial charge in [0.15, 0.2) is 0 Å². The van der Waals surface area contributed by atoms with Crippen molar-refractivity contribution >= 4 is 0 Å². The molecule has 0 unspecified atom stereocenters. The van der Waals surface area contributed by atoms with E-state index in [0.29, 0.717) is 11.6 Å². The Morgan fingerprint density at radius 3 is 2.71 bits per heavy atom. The fraction of sp³-hybridized carbons (Fsp3) is 0.231. The molecule has 17 heavy (non-hydrogen) atoms. The number of rotatable bonds is 3. The largest absolute Gasteiger partial charge is 0.508 e. The molecule has 0 aliphatic heterocycles. The summed E-state index contributed by atoms with van der Waals surface area (Å²) in [6, 6.07) is 6.86. The predicted octanol–water partition coefficient (Wildman–Crippen LogP) is 2.85. The van der Waals surface area contributed by atoms with Crippen molar-refractivity contribution in [3.05, 3.63) is 41.9 Å². The lowest BCUT2D eigenvalue weighted by atomic mass is 10.2. The summed E-state index contributed by atoms with van der Waals surface area (Å²) in [6.45, 7) is 3.91. The third-order valence-corrected chi connectivity index (χ3v) is 2.32. The molecule has 2 aromatic rings. The molecular weight excluding hydrogens is 216 g/mol. The van der Waals surface area contributed by atoms with Gasteiger partial charge in [-0.3, -0.25) is 0 Å². The van der Waals surface area contributed by atoms with Gasteiger partial charge < -0.3 is 9.84 Å². The van der Waals surface area contributed by atoms with Crippen LogP contribution >= 0.6 is 0 Å². The average molecular weight is 230 g/mol. The molecule has 2 rings (SSSR count). The molecule has 1 aromatic carbocycles. The van der Waals surface area contributed by atoms with E-state index in [2.05, 4.69) is 9.97 Å². The van der Waals surface area contributed by atoms with E-state index in [-0.39, 0.29) is 5.75 Å². The van der Waals surface area contributed by atoms with Gasteiger partial charge in [0.2, 0.25) is 5.88 Å². The summed E-state index contributed by atoms with van der Waals surface area (Å²) in [5.41, 5.74) is 1.86. The zero-order chi connectivity index (χ0) is 12.3. The molecule has 0 bridgehead atoms. The van der Waals surface area contributed by atoms with Crippen LogP contribution in [0.5, 0.6) is 17.4 Å². The van der Waals surface area contributed by atoms with Crippen LogP contribution in [0.3, 0.4) is 0 Å². The molecule has 0 aliphatic carbocycles. The summed E-state index contributed by atoms with van der Waals surface area (Å²) in [7, 11) is 0. The molecule has 0 atom stereocenters. The van der Waals surface area contributed by atoms with E-state index in [1.165, 1.54) is 6.33 Å². The van der Waals surface area contributed by atoms with Crippen molar-refractivity contribution in [1.29, 1.82) is 0 Å². The van der Waals surface area contributed by atoms with Gasteiger partial charge >= 0.3 is 0 Å². The lowest BCUT2D eigenvalue weighted by molar-refractivity contribution is 0.443. The molecule has 0 fully saturated rings. The first-order valence-electron chi connectivity index (χ1n) is 5.47. The zero-order valence-electron chi connectivity index (χ0n) is 9.84. The predicted molar refractivity (Wildman–Crippen MR) is 64.3 cm³/mol. The molecule has 4 heteroatoms. The molecule has 0 radical (unpaired) electrons. The first kappa shape index (κ1) is 11.4. The quantitative estimate of drug-likeness (QED) is 0.880. The van der Waals surface area contributed by atoms with Crippen molar-refractivity contribution in [3.8, 4) is 17.4 Å². The second kappa shape index (κ2) is 4.82. The zero-order valence-corrected chi connectivity index (χ0v) is 9.84. The minimum absolute atomic E-state index is 0.185. The lowest BCUT2D eigenvalue weighted by Gasteiger charge is -2.06. The summed E-state index contributed by atoms with van der Waals surface area (Å²) in [5.74, 6) is 1.25. The number of nitrogens with zero attached hydrogens (tertiary/aromatic N) is 2. The normalized spacial score (nSPS) is 10.2. The molecule has 4 nitrogen and oxygen atoms in total. The maximum Gasteiger partial charge on any atom is 0.222 e. The number of phenolic OH excluding ortho intramolecular Hbond substituents is 1. The summed E-state index contributed by atoms with van der Waals surface area (Å²) in [6.07, 6.45) is 2.31. The third-order valence-electron chi connectivity index (χ3n) is 2.32. The number of benzene rings is 1. The highest BCUT2D eigenvalue weighted by Crippen LogP contribution is 2.25. The number of aromatic hydroxyl groups is 1. The van der Waals surface area contributed by atoms with Gasteiger partial charge in [0.1, 0.15) is 17.8 Å². The van der Waals surface area contributed by atoms with Crippen LogP contribution in [0.15, 0.2) is 30.6 Å². The van der Waals surface area contributed by atoms with Crippen LogP contribution in [0.25, 0.3) is 0 Å². The first-order valence-corrected chi connectivity index (χ1v) is 5.47. The van der Waals surface area contributed by atoms with Crippen LogP contribution in [0.2, 0.25) is 0 Å². The molecule has 1 N–H and O–H groups in total. The van der Waals surface area contributed by atoms with Gasteiger partial charge in [-0.2, -0.15) is 0 Å². The fourth-order valence-corrected chi connectivity index (χ4v) is 1.53. The summed E-state index contributed by atoms with van der Waals surface area (Å²) < 4.78 is 5.57. The summed E-state index contributed by atoms with van der Waals surface area (Å²) >= 11 is 0. The van der Waals surface area contributed by atoms with E-state index < -0.39 is 0 Å². The number of phenols is 1. The Hall–Kier alpha value is -2.10. The van der Waals surface area contributed by atoms with Gasteiger partial charge in [-0.15, -0.1) is 0 Å². The second-order valence-electron chi connectivity index (χ2n) is 3.81. The molecule has 0 amide bonds. The molecule has 1 aromatic heterocycles. The highest BCUT2D eigenvalue weighted by Gasteiger charge is 2.02. The monoisotopic (exact) mass is 230 g/mol. The Kier molecular flexibility index (Phi) is 3.23. The van der Waals surface area contributed by atoms with Crippen LogP contribution in [0.4, 0.5) is 0 Å². The van der Waals surface area contributed by atoms with Crippen LogP contribution in [-0.2, 0) is 6.42 Å². The number of aromatic nitrogens is 2. The Bertz CT molecular complexity index is 506. The Balaban J connectivity index is 2.24. The third kappa shape index (κ3) is 2.93. The van der Waals surface area contributed by atoms with E-state index in [4.69, 9.17) is 4.74 Å². The van der Waals surface area contributed by atoms with E-state index in [0.717, 1.165) is 17.7 Å². The van der Waals surface area contributed by atoms with Crippen molar-refractivity contribution in [1.82, 2.24) is 9.97 Å². The van der Waals surface area contributed by atoms with Crippen molar-refractivity contribution in [2.45, 2.75) is 20.3 Å². The van der Waals surface area contributed by atoms with Gasteiger partial charge in [-0.25, -0.2) is 9.97 Å². The van der Waals surface area contributed by atoms with Gasteiger partial charge in [-0.1, -0.05) is 6.92 Å². The standard InChI is InChI=1S/C13H14N2O2/c1-3-10-6-13(15-8-14-10)17-12-5-9(2)4-11(16)7-12/h4-8,16H,3H2,1-2H3. The van der Waals surface area contributed by atoms with Crippen molar-refractivity contribution in [2.24, 2.45) is 0 Å². The summed E-state index contributed by atoms with van der Waals surface area (Å²) in [4.78, 5) is 8.12. The first-order chi connectivity index (χ1) is 8.17. The lowest BCUT2D eigenvalue weighted by Crippen LogP contribution is -1.93. The molecule has 0 saturated carbocycles. The number of hydrogen-bond donors (Lipinski definition) is 1. The SMILES string of the molecule is CCc1cc(Oc2cc(C)cc(O)c2)ncn1. The van der Waals surface area contributed by atoms with Crippen LogP contribution in [-0.4, -0.2) is 15.1 Å². The Morgan fingerprint density at radius 1 is 1.18 bits per heavy atom. The van der Waals surface area contributed by atoms with Crippen molar-refractivity contribution in [3.63, 3.8) is 0 Å². The molecular formula is C13H14N2O2. The smallest absolute Gasteiger partial charge is 0.222 e.